The largest absolute Gasteiger partial charge is 0.374 e. The second kappa shape index (κ2) is 13.3. The molecule has 1 saturated heterocycles. The van der Waals surface area contributed by atoms with Gasteiger partial charge in [0.1, 0.15) is 10.9 Å². The van der Waals surface area contributed by atoms with Gasteiger partial charge < -0.3 is 15.4 Å². The molecule has 0 radical (unpaired) electrons. The first kappa shape index (κ1) is 28.8. The van der Waals surface area contributed by atoms with Crippen molar-refractivity contribution >= 4 is 45.0 Å². The second-order valence-electron chi connectivity index (χ2n) is 9.78. The highest BCUT2D eigenvalue weighted by Crippen LogP contribution is 2.29. The minimum absolute atomic E-state index is 0.0299. The van der Waals surface area contributed by atoms with Gasteiger partial charge in [-0.1, -0.05) is 79.2 Å². The summed E-state index contributed by atoms with van der Waals surface area (Å²) in [5.41, 5.74) is 0.672. The monoisotopic (exact) mass is 581 g/mol. The van der Waals surface area contributed by atoms with E-state index in [1.54, 1.807) is 12.1 Å². The van der Waals surface area contributed by atoms with E-state index in [0.717, 1.165) is 19.3 Å². The Kier molecular flexibility index (Phi) is 10.1. The van der Waals surface area contributed by atoms with Crippen LogP contribution in [0.5, 0.6) is 0 Å². The number of ether oxygens (including phenoxy) is 1. The lowest BCUT2D eigenvalue weighted by atomic mass is 10.0. The highest BCUT2D eigenvalue weighted by molar-refractivity contribution is 7.89. The Balaban J connectivity index is 1.37. The van der Waals surface area contributed by atoms with Crippen molar-refractivity contribution in [2.45, 2.75) is 55.6 Å². The van der Waals surface area contributed by atoms with Crippen molar-refractivity contribution in [1.82, 2.24) is 14.9 Å². The van der Waals surface area contributed by atoms with Crippen LogP contribution in [0.15, 0.2) is 53.4 Å². The van der Waals surface area contributed by atoms with Gasteiger partial charge in [-0.2, -0.15) is 4.31 Å². The predicted octanol–water partition coefficient (Wildman–Crippen LogP) is 4.33. The number of carbonyl (C=O) groups excluding carboxylic acids is 2. The number of nitrogens with one attached hydrogen (secondary N) is 2. The van der Waals surface area contributed by atoms with Gasteiger partial charge in [0.2, 0.25) is 21.8 Å². The number of hydrogen-bond donors (Lipinski definition) is 2. The molecule has 2 amide bonds. The minimum atomic E-state index is -3.88. The standard InChI is InChI=1S/C27H33Cl2N3O5S/c28-21-11-12-24(23(29)16-21)38(35,36)32-14-15-37-22(18-32)17-30-27(34)26(20-8-2-1-3-9-20)31-25(33)13-10-19-6-4-5-7-19/h1-3,8-9,11-12,16,19,22,26H,4-7,10,13-15,17-18H2,(H,30,34)(H,31,33)/t22?,26-/m0/s1. The zero-order chi connectivity index (χ0) is 27.1. The maximum atomic E-state index is 13.2. The van der Waals surface area contributed by atoms with Crippen LogP contribution >= 0.6 is 23.2 Å². The van der Waals surface area contributed by atoms with E-state index in [2.05, 4.69) is 10.6 Å². The van der Waals surface area contributed by atoms with Gasteiger partial charge in [-0.3, -0.25) is 9.59 Å². The molecule has 0 spiro atoms. The molecule has 206 valence electrons. The quantitative estimate of drug-likeness (QED) is 0.434. The van der Waals surface area contributed by atoms with Crippen LogP contribution in [0.1, 0.15) is 50.1 Å². The van der Waals surface area contributed by atoms with Gasteiger partial charge in [-0.25, -0.2) is 8.42 Å². The topological polar surface area (TPSA) is 105 Å². The SMILES string of the molecule is O=C(CCC1CCCC1)N[C@H](C(=O)NCC1CN(S(=O)(=O)c2ccc(Cl)cc2Cl)CCO1)c1ccccc1. The second-order valence-corrected chi connectivity index (χ2v) is 12.5. The summed E-state index contributed by atoms with van der Waals surface area (Å²) < 4.78 is 33.4. The van der Waals surface area contributed by atoms with E-state index in [4.69, 9.17) is 27.9 Å². The van der Waals surface area contributed by atoms with Gasteiger partial charge in [-0.15, -0.1) is 0 Å². The fourth-order valence-corrected chi connectivity index (χ4v) is 7.19. The van der Waals surface area contributed by atoms with Gasteiger partial charge in [0, 0.05) is 31.1 Å². The molecule has 8 nitrogen and oxygen atoms in total. The van der Waals surface area contributed by atoms with Crippen molar-refractivity contribution in [3.05, 3.63) is 64.1 Å². The number of benzene rings is 2. The molecule has 1 heterocycles. The van der Waals surface area contributed by atoms with Crippen LogP contribution in [0.4, 0.5) is 0 Å². The van der Waals surface area contributed by atoms with E-state index < -0.39 is 22.2 Å². The van der Waals surface area contributed by atoms with E-state index >= 15 is 0 Å². The third-order valence-corrected chi connectivity index (χ3v) is 9.66. The molecule has 0 aromatic heterocycles. The maximum absolute atomic E-state index is 13.2. The molecule has 2 fully saturated rings. The van der Waals surface area contributed by atoms with Gasteiger partial charge in [0.05, 0.1) is 17.7 Å². The molecule has 2 N–H and O–H groups in total. The highest BCUT2D eigenvalue weighted by Gasteiger charge is 2.33. The Morgan fingerprint density at radius 3 is 2.53 bits per heavy atom. The number of amides is 2. The van der Waals surface area contributed by atoms with E-state index in [0.29, 0.717) is 22.9 Å². The summed E-state index contributed by atoms with van der Waals surface area (Å²) in [7, 11) is -3.88. The number of carbonyl (C=O) groups is 2. The minimum Gasteiger partial charge on any atom is -0.374 e. The summed E-state index contributed by atoms with van der Waals surface area (Å²) in [6.45, 7) is 0.465. The van der Waals surface area contributed by atoms with Gasteiger partial charge in [0.15, 0.2) is 0 Å². The average molecular weight is 583 g/mol. The van der Waals surface area contributed by atoms with Gasteiger partial charge in [-0.05, 0) is 36.1 Å². The van der Waals surface area contributed by atoms with Crippen LogP contribution < -0.4 is 10.6 Å². The Hall–Kier alpha value is -2.17. The van der Waals surface area contributed by atoms with Crippen molar-refractivity contribution in [3.8, 4) is 0 Å². The number of rotatable bonds is 10. The van der Waals surface area contributed by atoms with E-state index in [1.807, 2.05) is 18.2 Å². The van der Waals surface area contributed by atoms with Crippen molar-refractivity contribution < 1.29 is 22.7 Å². The molecule has 1 unspecified atom stereocenters. The van der Waals surface area contributed by atoms with Crippen molar-refractivity contribution in [2.24, 2.45) is 5.92 Å². The predicted molar refractivity (Wildman–Crippen MR) is 146 cm³/mol. The summed E-state index contributed by atoms with van der Waals surface area (Å²) in [5, 5.41) is 6.11. The Morgan fingerprint density at radius 1 is 1.08 bits per heavy atom. The van der Waals surface area contributed by atoms with Crippen LogP contribution in [-0.2, 0) is 24.3 Å². The molecule has 1 aliphatic heterocycles. The third-order valence-electron chi connectivity index (χ3n) is 7.07. The Bertz CT molecular complexity index is 1220. The summed E-state index contributed by atoms with van der Waals surface area (Å²) in [4.78, 5) is 25.9. The fraction of sp³-hybridized carbons (Fsp3) is 0.481. The van der Waals surface area contributed by atoms with Crippen molar-refractivity contribution in [2.75, 3.05) is 26.2 Å². The normalized spacial score (nSPS) is 19.7. The first-order valence-corrected chi connectivity index (χ1v) is 15.1. The molecular weight excluding hydrogens is 549 g/mol. The number of halogens is 2. The molecule has 38 heavy (non-hydrogen) atoms. The van der Waals surface area contributed by atoms with Crippen molar-refractivity contribution in [1.29, 1.82) is 0 Å². The Morgan fingerprint density at radius 2 is 1.82 bits per heavy atom. The molecular formula is C27H33Cl2N3O5S. The number of hydrogen-bond acceptors (Lipinski definition) is 5. The van der Waals surface area contributed by atoms with Crippen LogP contribution in [0.3, 0.4) is 0 Å². The smallest absolute Gasteiger partial charge is 0.247 e. The van der Waals surface area contributed by atoms with Crippen LogP contribution in [-0.4, -0.2) is 56.9 Å². The summed E-state index contributed by atoms with van der Waals surface area (Å²) >= 11 is 12.1. The highest BCUT2D eigenvalue weighted by atomic mass is 35.5. The average Bonchev–Trinajstić information content (AvgIpc) is 3.43. The molecule has 11 heteroatoms. The zero-order valence-corrected chi connectivity index (χ0v) is 23.4. The lowest BCUT2D eigenvalue weighted by Gasteiger charge is -2.32. The lowest BCUT2D eigenvalue weighted by Crippen LogP contribution is -2.50. The van der Waals surface area contributed by atoms with Crippen LogP contribution in [0.2, 0.25) is 10.0 Å². The third kappa shape index (κ3) is 7.48. The first-order valence-electron chi connectivity index (χ1n) is 12.9. The zero-order valence-electron chi connectivity index (χ0n) is 21.1. The van der Waals surface area contributed by atoms with Crippen molar-refractivity contribution in [3.63, 3.8) is 0 Å². The molecule has 2 aromatic carbocycles. The molecule has 2 atom stereocenters. The Labute approximate surface area is 234 Å². The van der Waals surface area contributed by atoms with Crippen LogP contribution in [0, 0.1) is 5.92 Å². The first-order chi connectivity index (χ1) is 18.2. The molecule has 2 aliphatic rings. The molecule has 2 aromatic rings. The number of morpholine rings is 1. The molecule has 1 aliphatic carbocycles. The number of nitrogens with zero attached hydrogens (tertiary/aromatic N) is 1. The maximum Gasteiger partial charge on any atom is 0.247 e. The van der Waals surface area contributed by atoms with E-state index in [1.165, 1.54) is 35.3 Å². The van der Waals surface area contributed by atoms with E-state index in [-0.39, 0.29) is 48.0 Å². The summed E-state index contributed by atoms with van der Waals surface area (Å²) in [6, 6.07) is 12.5. The molecule has 4 rings (SSSR count). The fourth-order valence-electron chi connectivity index (χ4n) is 4.99. The van der Waals surface area contributed by atoms with Crippen LogP contribution in [0.25, 0.3) is 0 Å². The summed E-state index contributed by atoms with van der Waals surface area (Å²) in [5.74, 6) is 0.0388. The van der Waals surface area contributed by atoms with Gasteiger partial charge >= 0.3 is 0 Å². The molecule has 1 saturated carbocycles. The van der Waals surface area contributed by atoms with E-state index in [9.17, 15) is 18.0 Å². The van der Waals surface area contributed by atoms with Gasteiger partial charge in [0.25, 0.3) is 0 Å². The lowest BCUT2D eigenvalue weighted by molar-refractivity contribution is -0.129. The number of sulfonamides is 1. The summed E-state index contributed by atoms with van der Waals surface area (Å²) in [6.07, 6.45) is 5.40. The molecule has 0 bridgehead atoms.